The van der Waals surface area contributed by atoms with Gasteiger partial charge in [-0.3, -0.25) is 9.59 Å². The maximum absolute atomic E-state index is 12.2. The van der Waals surface area contributed by atoms with E-state index in [0.29, 0.717) is 30.8 Å². The first-order valence-electron chi connectivity index (χ1n) is 8.28. The van der Waals surface area contributed by atoms with Gasteiger partial charge in [-0.2, -0.15) is 0 Å². The van der Waals surface area contributed by atoms with Crippen molar-refractivity contribution in [2.24, 2.45) is 0 Å². The number of carbonyl (C=O) groups is 2. The molecule has 2 amide bonds. The molecule has 5 heteroatoms. The zero-order valence-corrected chi connectivity index (χ0v) is 14.2. The number of methoxy groups -OCH3 is 1. The molecule has 1 saturated carbocycles. The minimum atomic E-state index is -0.275. The highest BCUT2D eigenvalue weighted by Crippen LogP contribution is 2.38. The molecule has 5 nitrogen and oxygen atoms in total. The van der Waals surface area contributed by atoms with Crippen molar-refractivity contribution in [3.05, 3.63) is 29.8 Å². The van der Waals surface area contributed by atoms with E-state index >= 15 is 0 Å². The number of nitrogens with zero attached hydrogens (tertiary/aromatic N) is 1. The topological polar surface area (TPSA) is 58.6 Å². The maximum atomic E-state index is 12.2. The third-order valence-electron chi connectivity index (χ3n) is 4.65. The van der Waals surface area contributed by atoms with Crippen molar-refractivity contribution in [3.8, 4) is 0 Å². The predicted octanol–water partition coefficient (Wildman–Crippen LogP) is 3.07. The van der Waals surface area contributed by atoms with Gasteiger partial charge in [-0.1, -0.05) is 0 Å². The standard InChI is InChI=1S/C18H26N2O3/c1-4-20(5-2)17(22)14-7-9-15(10-8-14)19-16(21)13-18(23-3)11-6-12-18/h7-10H,4-6,11-13H2,1-3H3,(H,19,21). The lowest BCUT2D eigenvalue weighted by molar-refractivity contribution is -0.129. The first-order chi connectivity index (χ1) is 11.0. The van der Waals surface area contributed by atoms with Crippen molar-refractivity contribution in [2.75, 3.05) is 25.5 Å². The Kier molecular flexibility index (Phi) is 5.77. The van der Waals surface area contributed by atoms with Crippen molar-refractivity contribution in [1.29, 1.82) is 0 Å². The molecule has 1 aliphatic carbocycles. The third-order valence-corrected chi connectivity index (χ3v) is 4.65. The summed E-state index contributed by atoms with van der Waals surface area (Å²) in [6, 6.07) is 7.06. The summed E-state index contributed by atoms with van der Waals surface area (Å²) in [5.74, 6) is -0.0324. The molecule has 0 spiro atoms. The zero-order chi connectivity index (χ0) is 16.9. The van der Waals surface area contributed by atoms with Crippen molar-refractivity contribution >= 4 is 17.5 Å². The second-order valence-electron chi connectivity index (χ2n) is 6.02. The van der Waals surface area contributed by atoms with Gasteiger partial charge in [-0.25, -0.2) is 0 Å². The summed E-state index contributed by atoms with van der Waals surface area (Å²) >= 11 is 0. The molecule has 0 bridgehead atoms. The van der Waals surface area contributed by atoms with Crippen LogP contribution in [0.2, 0.25) is 0 Å². The molecule has 1 aliphatic rings. The Morgan fingerprint density at radius 1 is 1.17 bits per heavy atom. The van der Waals surface area contributed by atoms with Crippen LogP contribution in [0.15, 0.2) is 24.3 Å². The Hall–Kier alpha value is -1.88. The molecule has 1 aromatic carbocycles. The lowest BCUT2D eigenvalue weighted by atomic mass is 9.77. The van der Waals surface area contributed by atoms with E-state index in [2.05, 4.69) is 5.32 Å². The first-order valence-corrected chi connectivity index (χ1v) is 8.28. The molecule has 1 aromatic rings. The van der Waals surface area contributed by atoms with E-state index in [1.807, 2.05) is 13.8 Å². The number of carbonyl (C=O) groups excluding carboxylic acids is 2. The summed E-state index contributed by atoms with van der Waals surface area (Å²) in [7, 11) is 1.67. The summed E-state index contributed by atoms with van der Waals surface area (Å²) < 4.78 is 5.47. The number of anilines is 1. The number of amides is 2. The van der Waals surface area contributed by atoms with Crippen LogP contribution in [0.5, 0.6) is 0 Å². The SMILES string of the molecule is CCN(CC)C(=O)c1ccc(NC(=O)CC2(OC)CCC2)cc1. The molecular weight excluding hydrogens is 292 g/mol. The molecule has 126 valence electrons. The van der Waals surface area contributed by atoms with Gasteiger partial charge in [0.1, 0.15) is 0 Å². The van der Waals surface area contributed by atoms with Gasteiger partial charge in [0.05, 0.1) is 12.0 Å². The molecule has 23 heavy (non-hydrogen) atoms. The van der Waals surface area contributed by atoms with Crippen molar-refractivity contribution < 1.29 is 14.3 Å². The molecule has 0 aromatic heterocycles. The van der Waals surface area contributed by atoms with E-state index in [4.69, 9.17) is 4.74 Å². The lowest BCUT2D eigenvalue weighted by Crippen LogP contribution is -2.42. The number of hydrogen-bond acceptors (Lipinski definition) is 3. The predicted molar refractivity (Wildman–Crippen MR) is 90.5 cm³/mol. The van der Waals surface area contributed by atoms with Gasteiger partial charge in [0.15, 0.2) is 0 Å². The van der Waals surface area contributed by atoms with E-state index in [0.717, 1.165) is 19.3 Å². The molecule has 0 heterocycles. The summed E-state index contributed by atoms with van der Waals surface area (Å²) in [4.78, 5) is 26.1. The van der Waals surface area contributed by atoms with E-state index < -0.39 is 0 Å². The highest BCUT2D eigenvalue weighted by Gasteiger charge is 2.38. The number of rotatable bonds is 7. The normalized spacial score (nSPS) is 15.6. The van der Waals surface area contributed by atoms with Gasteiger partial charge >= 0.3 is 0 Å². The summed E-state index contributed by atoms with van der Waals surface area (Å²) in [5, 5.41) is 2.88. The third kappa shape index (κ3) is 4.10. The Bertz CT molecular complexity index is 540. The molecule has 0 saturated heterocycles. The van der Waals surface area contributed by atoms with Crippen LogP contribution in [0.4, 0.5) is 5.69 Å². The fourth-order valence-corrected chi connectivity index (χ4v) is 2.91. The van der Waals surface area contributed by atoms with Crippen LogP contribution >= 0.6 is 0 Å². The molecule has 0 unspecified atom stereocenters. The number of nitrogens with one attached hydrogen (secondary N) is 1. The summed E-state index contributed by atoms with van der Waals surface area (Å²) in [6.45, 7) is 5.30. The van der Waals surface area contributed by atoms with Crippen LogP contribution in [0.25, 0.3) is 0 Å². The number of benzene rings is 1. The lowest BCUT2D eigenvalue weighted by Gasteiger charge is -2.39. The van der Waals surface area contributed by atoms with Crippen LogP contribution in [0, 0.1) is 0 Å². The summed E-state index contributed by atoms with van der Waals surface area (Å²) in [5.41, 5.74) is 1.07. The molecule has 0 aliphatic heterocycles. The first kappa shape index (κ1) is 17.5. The highest BCUT2D eigenvalue weighted by atomic mass is 16.5. The fraction of sp³-hybridized carbons (Fsp3) is 0.556. The smallest absolute Gasteiger partial charge is 0.253 e. The number of ether oxygens (including phenoxy) is 1. The molecule has 0 radical (unpaired) electrons. The zero-order valence-electron chi connectivity index (χ0n) is 14.2. The molecule has 1 N–H and O–H groups in total. The minimum absolute atomic E-state index is 0.0145. The van der Waals surface area contributed by atoms with E-state index in [9.17, 15) is 9.59 Å². The van der Waals surface area contributed by atoms with Gasteiger partial charge in [0.25, 0.3) is 5.91 Å². The van der Waals surface area contributed by atoms with E-state index in [-0.39, 0.29) is 17.4 Å². The fourth-order valence-electron chi connectivity index (χ4n) is 2.91. The van der Waals surface area contributed by atoms with Crippen LogP contribution in [-0.4, -0.2) is 42.5 Å². The Labute approximate surface area is 138 Å². The van der Waals surface area contributed by atoms with Crippen LogP contribution in [0.1, 0.15) is 49.9 Å². The van der Waals surface area contributed by atoms with E-state index in [1.165, 1.54) is 0 Å². The van der Waals surface area contributed by atoms with Gasteiger partial charge < -0.3 is 15.0 Å². The average Bonchev–Trinajstić information content (AvgIpc) is 2.52. The Balaban J connectivity index is 1.94. The number of hydrogen-bond donors (Lipinski definition) is 1. The largest absolute Gasteiger partial charge is 0.378 e. The average molecular weight is 318 g/mol. The van der Waals surface area contributed by atoms with Crippen molar-refractivity contribution in [2.45, 2.75) is 45.1 Å². The van der Waals surface area contributed by atoms with Gasteiger partial charge in [0.2, 0.25) is 5.91 Å². The van der Waals surface area contributed by atoms with Crippen LogP contribution in [0.3, 0.4) is 0 Å². The highest BCUT2D eigenvalue weighted by molar-refractivity contribution is 5.96. The molecule has 2 rings (SSSR count). The van der Waals surface area contributed by atoms with Gasteiger partial charge in [-0.05, 0) is 57.4 Å². The monoisotopic (exact) mass is 318 g/mol. The van der Waals surface area contributed by atoms with Crippen LogP contribution < -0.4 is 5.32 Å². The Morgan fingerprint density at radius 3 is 2.22 bits per heavy atom. The van der Waals surface area contributed by atoms with Crippen LogP contribution in [-0.2, 0) is 9.53 Å². The summed E-state index contributed by atoms with van der Waals surface area (Å²) in [6.07, 6.45) is 3.37. The van der Waals surface area contributed by atoms with Gasteiger partial charge in [-0.15, -0.1) is 0 Å². The minimum Gasteiger partial charge on any atom is -0.378 e. The maximum Gasteiger partial charge on any atom is 0.253 e. The van der Waals surface area contributed by atoms with Gasteiger partial charge in [0, 0.05) is 31.5 Å². The Morgan fingerprint density at radius 2 is 1.78 bits per heavy atom. The van der Waals surface area contributed by atoms with E-state index in [1.54, 1.807) is 36.3 Å². The van der Waals surface area contributed by atoms with Crippen molar-refractivity contribution in [1.82, 2.24) is 4.90 Å². The molecular formula is C18H26N2O3. The molecule has 1 fully saturated rings. The quantitative estimate of drug-likeness (QED) is 0.840. The second-order valence-corrected chi connectivity index (χ2v) is 6.02. The second kappa shape index (κ2) is 7.59. The van der Waals surface area contributed by atoms with Crippen molar-refractivity contribution in [3.63, 3.8) is 0 Å². The molecule has 0 atom stereocenters.